The van der Waals surface area contributed by atoms with Gasteiger partial charge in [0, 0.05) is 34.4 Å². The van der Waals surface area contributed by atoms with Gasteiger partial charge in [-0.2, -0.15) is 0 Å². The molecule has 0 fully saturated rings. The second-order valence-electron chi connectivity index (χ2n) is 3.46. The molecule has 0 aromatic rings. The molecule has 0 aromatic carbocycles. The number of hydrogen-bond donors (Lipinski definition) is 1. The Morgan fingerprint density at radius 1 is 1.47 bits per heavy atom. The molecular formula is C14H30N2O. The minimum absolute atomic E-state index is 0. The quantitative estimate of drug-likeness (QED) is 0.523. The van der Waals surface area contributed by atoms with Crippen molar-refractivity contribution in [3.8, 4) is 0 Å². The molecule has 0 unspecified atom stereocenters. The van der Waals surface area contributed by atoms with Gasteiger partial charge >= 0.3 is 0 Å². The van der Waals surface area contributed by atoms with Crippen LogP contribution in [0.1, 0.15) is 15.3 Å². The summed E-state index contributed by atoms with van der Waals surface area (Å²) in [6.07, 6.45) is 2.11. The first kappa shape index (κ1) is 18.3. The lowest BCUT2D eigenvalue weighted by Gasteiger charge is -2.23. The molecule has 0 saturated carbocycles. The van der Waals surface area contributed by atoms with E-state index >= 15 is 0 Å². The van der Waals surface area contributed by atoms with Gasteiger partial charge in [-0.25, -0.2) is 0 Å². The standard InChI is InChI=1S/C12H24N2O.C2H4.H2/c1-6-12(10-13-7-2)11(3)14(4)8-9-15-5;1-2;/h6,13H,3,7-10H2,1-2,4-5H3;1-2H2;1H/b12-6-;;. The van der Waals surface area contributed by atoms with Crippen LogP contribution in [0.3, 0.4) is 0 Å². The lowest BCUT2D eigenvalue weighted by atomic mass is 10.2. The summed E-state index contributed by atoms with van der Waals surface area (Å²) in [5.41, 5.74) is 2.31. The molecule has 0 rings (SSSR count). The minimum atomic E-state index is 0. The van der Waals surface area contributed by atoms with Gasteiger partial charge < -0.3 is 15.0 Å². The summed E-state index contributed by atoms with van der Waals surface area (Å²) < 4.78 is 5.04. The number of rotatable bonds is 8. The molecule has 1 N–H and O–H groups in total. The van der Waals surface area contributed by atoms with E-state index in [4.69, 9.17) is 4.74 Å². The van der Waals surface area contributed by atoms with Crippen LogP contribution in [0.2, 0.25) is 0 Å². The first-order valence-corrected chi connectivity index (χ1v) is 5.92. The molecule has 0 aliphatic carbocycles. The van der Waals surface area contributed by atoms with E-state index in [1.165, 1.54) is 5.57 Å². The van der Waals surface area contributed by atoms with Gasteiger partial charge in [-0.15, -0.1) is 13.2 Å². The smallest absolute Gasteiger partial charge is 0.0637 e. The maximum atomic E-state index is 5.04. The summed E-state index contributed by atoms with van der Waals surface area (Å²) >= 11 is 0. The predicted molar refractivity (Wildman–Crippen MR) is 79.3 cm³/mol. The largest absolute Gasteiger partial charge is 0.383 e. The SMILES string of the molecule is C=C.C=C(/C(=C\C)CNCC)N(C)CCOC.[HH]. The fourth-order valence-electron chi connectivity index (χ4n) is 1.24. The van der Waals surface area contributed by atoms with Gasteiger partial charge in [0.1, 0.15) is 0 Å². The lowest BCUT2D eigenvalue weighted by Crippen LogP contribution is -2.26. The van der Waals surface area contributed by atoms with Gasteiger partial charge in [-0.1, -0.05) is 19.6 Å². The number of allylic oxidation sites excluding steroid dienone is 1. The Hall–Kier alpha value is -1.06. The zero-order chi connectivity index (χ0) is 13.7. The van der Waals surface area contributed by atoms with Gasteiger partial charge in [-0.05, 0) is 19.0 Å². The van der Waals surface area contributed by atoms with Gasteiger partial charge in [0.05, 0.1) is 6.61 Å². The van der Waals surface area contributed by atoms with E-state index in [9.17, 15) is 0 Å². The fourth-order valence-corrected chi connectivity index (χ4v) is 1.24. The van der Waals surface area contributed by atoms with Crippen molar-refractivity contribution in [2.75, 3.05) is 40.4 Å². The van der Waals surface area contributed by atoms with Crippen molar-refractivity contribution in [2.45, 2.75) is 13.8 Å². The van der Waals surface area contributed by atoms with Crippen molar-refractivity contribution in [1.29, 1.82) is 0 Å². The summed E-state index contributed by atoms with van der Waals surface area (Å²) in [6, 6.07) is 0. The molecule has 3 heteroatoms. The molecule has 0 aromatic heterocycles. The average molecular weight is 242 g/mol. The number of methoxy groups -OCH3 is 1. The van der Waals surface area contributed by atoms with E-state index in [1.54, 1.807) is 7.11 Å². The first-order chi connectivity index (χ1) is 8.17. The third-order valence-corrected chi connectivity index (χ3v) is 2.38. The van der Waals surface area contributed by atoms with Crippen LogP contribution in [0.15, 0.2) is 37.1 Å². The Kier molecular flexibility index (Phi) is 14.0. The van der Waals surface area contributed by atoms with E-state index in [-0.39, 0.29) is 1.43 Å². The highest BCUT2D eigenvalue weighted by atomic mass is 16.5. The van der Waals surface area contributed by atoms with E-state index in [0.29, 0.717) is 0 Å². The van der Waals surface area contributed by atoms with Crippen LogP contribution in [-0.4, -0.2) is 45.3 Å². The molecule has 0 amide bonds. The highest BCUT2D eigenvalue weighted by molar-refractivity contribution is 5.27. The van der Waals surface area contributed by atoms with E-state index in [1.807, 2.05) is 14.0 Å². The molecule has 0 radical (unpaired) electrons. The number of likely N-dealkylation sites (N-methyl/N-ethyl adjacent to an activating group) is 2. The summed E-state index contributed by atoms with van der Waals surface area (Å²) in [5.74, 6) is 0. The van der Waals surface area contributed by atoms with Crippen LogP contribution >= 0.6 is 0 Å². The average Bonchev–Trinajstić information content (AvgIpc) is 2.38. The number of nitrogens with zero attached hydrogens (tertiary/aromatic N) is 1. The zero-order valence-corrected chi connectivity index (χ0v) is 11.9. The highest BCUT2D eigenvalue weighted by Gasteiger charge is 2.06. The van der Waals surface area contributed by atoms with Crippen molar-refractivity contribution in [3.63, 3.8) is 0 Å². The van der Waals surface area contributed by atoms with Crippen LogP contribution in [0.5, 0.6) is 0 Å². The molecule has 0 spiro atoms. The van der Waals surface area contributed by atoms with Crippen LogP contribution in [0.4, 0.5) is 0 Å². The normalized spacial score (nSPS) is 10.5. The molecular weight excluding hydrogens is 212 g/mol. The second-order valence-corrected chi connectivity index (χ2v) is 3.46. The second kappa shape index (κ2) is 13.0. The summed E-state index contributed by atoms with van der Waals surface area (Å²) in [6.45, 7) is 17.7. The van der Waals surface area contributed by atoms with Gasteiger partial charge in [0.15, 0.2) is 0 Å². The Bertz CT molecular complexity index is 230. The monoisotopic (exact) mass is 242 g/mol. The van der Waals surface area contributed by atoms with E-state index < -0.39 is 0 Å². The molecule has 0 aliphatic heterocycles. The van der Waals surface area contributed by atoms with Gasteiger partial charge in [0.2, 0.25) is 0 Å². The van der Waals surface area contributed by atoms with Gasteiger partial charge in [0.25, 0.3) is 0 Å². The van der Waals surface area contributed by atoms with Crippen molar-refractivity contribution >= 4 is 0 Å². The number of hydrogen-bond acceptors (Lipinski definition) is 3. The lowest BCUT2D eigenvalue weighted by molar-refractivity contribution is 0.174. The third kappa shape index (κ3) is 8.72. The molecule has 0 bridgehead atoms. The molecule has 17 heavy (non-hydrogen) atoms. The van der Waals surface area contributed by atoms with Gasteiger partial charge in [-0.3, -0.25) is 0 Å². The Morgan fingerprint density at radius 3 is 2.47 bits per heavy atom. The van der Waals surface area contributed by atoms with E-state index in [0.717, 1.165) is 31.9 Å². The number of ether oxygens (including phenoxy) is 1. The zero-order valence-electron chi connectivity index (χ0n) is 11.9. The third-order valence-electron chi connectivity index (χ3n) is 2.38. The van der Waals surface area contributed by atoms with Crippen LogP contribution in [0, 0.1) is 0 Å². The molecule has 102 valence electrons. The molecule has 0 atom stereocenters. The summed E-state index contributed by atoms with van der Waals surface area (Å²) in [7, 11) is 3.75. The van der Waals surface area contributed by atoms with Crippen molar-refractivity contribution in [3.05, 3.63) is 37.1 Å². The predicted octanol–water partition coefficient (Wildman–Crippen LogP) is 2.68. The van der Waals surface area contributed by atoms with Crippen molar-refractivity contribution in [1.82, 2.24) is 10.2 Å². The Morgan fingerprint density at radius 2 is 2.06 bits per heavy atom. The van der Waals surface area contributed by atoms with Crippen molar-refractivity contribution in [2.24, 2.45) is 0 Å². The minimum Gasteiger partial charge on any atom is -0.383 e. The topological polar surface area (TPSA) is 24.5 Å². The summed E-state index contributed by atoms with van der Waals surface area (Å²) in [4.78, 5) is 2.12. The maximum absolute atomic E-state index is 5.04. The van der Waals surface area contributed by atoms with E-state index in [2.05, 4.69) is 43.0 Å². The van der Waals surface area contributed by atoms with Crippen LogP contribution < -0.4 is 5.32 Å². The number of nitrogens with one attached hydrogen (secondary N) is 1. The van der Waals surface area contributed by atoms with Crippen LogP contribution in [-0.2, 0) is 4.74 Å². The highest BCUT2D eigenvalue weighted by Crippen LogP contribution is 2.10. The van der Waals surface area contributed by atoms with Crippen LogP contribution in [0.25, 0.3) is 0 Å². The first-order valence-electron chi connectivity index (χ1n) is 5.92. The molecule has 0 saturated heterocycles. The fraction of sp³-hybridized carbons (Fsp3) is 0.571. The summed E-state index contributed by atoms with van der Waals surface area (Å²) in [5, 5.41) is 3.30. The Balaban J connectivity index is -0.000000709. The van der Waals surface area contributed by atoms with Crippen molar-refractivity contribution < 1.29 is 6.16 Å². The molecule has 0 heterocycles. The molecule has 0 aliphatic rings. The molecule has 3 nitrogen and oxygen atoms in total. The maximum Gasteiger partial charge on any atom is 0.0637 e. The Labute approximate surface area is 108 Å².